The second-order valence-corrected chi connectivity index (χ2v) is 8.24. The number of nitrogens with zero attached hydrogens (tertiary/aromatic N) is 2. The molecule has 1 heterocycles. The summed E-state index contributed by atoms with van der Waals surface area (Å²) in [6.45, 7) is 1.43. The fraction of sp³-hybridized carbons (Fsp3) is 0.308. The minimum atomic E-state index is -0.367. The molecular formula is C26H28N4O5. The molecule has 4 rings (SSSR count). The fourth-order valence-corrected chi connectivity index (χ4v) is 3.96. The molecule has 3 aromatic rings. The van der Waals surface area contributed by atoms with E-state index in [0.717, 1.165) is 36.8 Å². The van der Waals surface area contributed by atoms with E-state index in [0.29, 0.717) is 23.1 Å². The van der Waals surface area contributed by atoms with Crippen LogP contribution in [0.1, 0.15) is 32.6 Å². The third-order valence-corrected chi connectivity index (χ3v) is 5.69. The number of amides is 2. The van der Waals surface area contributed by atoms with Gasteiger partial charge in [-0.05, 0) is 55.5 Å². The SMILES string of the molecule is COc1ccccc1NC(=O)Nc1ccc(-c2cnc(OC3CCC(OC(C)=O)CC3)nc2)cc1. The molecule has 9 nitrogen and oxygen atoms in total. The number of carbonyl (C=O) groups is 2. The number of para-hydroxylation sites is 2. The van der Waals surface area contributed by atoms with Crippen LogP contribution in [0.15, 0.2) is 60.9 Å². The number of hydrogen-bond donors (Lipinski definition) is 2. The van der Waals surface area contributed by atoms with Crippen molar-refractivity contribution in [2.24, 2.45) is 0 Å². The van der Waals surface area contributed by atoms with Gasteiger partial charge < -0.3 is 24.8 Å². The Hall–Kier alpha value is -4.14. The summed E-state index contributed by atoms with van der Waals surface area (Å²) in [5.74, 6) is 0.341. The number of ether oxygens (including phenoxy) is 3. The molecule has 0 unspecified atom stereocenters. The van der Waals surface area contributed by atoms with Gasteiger partial charge in [0.15, 0.2) is 0 Å². The van der Waals surface area contributed by atoms with Crippen LogP contribution in [0.4, 0.5) is 16.2 Å². The minimum absolute atomic E-state index is 0.0139. The van der Waals surface area contributed by atoms with Crippen molar-refractivity contribution in [3.8, 4) is 22.9 Å². The van der Waals surface area contributed by atoms with Crippen molar-refractivity contribution < 1.29 is 23.8 Å². The standard InChI is InChI=1S/C26H28N4O5/c1-17(31)34-21-11-13-22(14-12-21)35-26-27-15-19(16-28-26)18-7-9-20(10-8-18)29-25(32)30-23-5-3-4-6-24(23)33-2/h3-10,15-16,21-22H,11-14H2,1-2H3,(H2,29,30,32). The Labute approximate surface area is 203 Å². The molecule has 0 radical (unpaired) electrons. The molecule has 1 aliphatic carbocycles. The first-order valence-electron chi connectivity index (χ1n) is 11.5. The average Bonchev–Trinajstić information content (AvgIpc) is 2.86. The number of rotatable bonds is 7. The largest absolute Gasteiger partial charge is 0.495 e. The number of anilines is 2. The molecular weight excluding hydrogens is 448 g/mol. The van der Waals surface area contributed by atoms with Gasteiger partial charge in [0.05, 0.1) is 12.8 Å². The number of urea groups is 1. The summed E-state index contributed by atoms with van der Waals surface area (Å²) in [6, 6.07) is 14.5. The molecule has 2 aromatic carbocycles. The summed E-state index contributed by atoms with van der Waals surface area (Å²) in [4.78, 5) is 32.1. The predicted octanol–water partition coefficient (Wildman–Crippen LogP) is 5.05. The van der Waals surface area contributed by atoms with Crippen molar-refractivity contribution in [1.29, 1.82) is 0 Å². The van der Waals surface area contributed by atoms with E-state index in [1.165, 1.54) is 6.92 Å². The third-order valence-electron chi connectivity index (χ3n) is 5.69. The molecule has 0 atom stereocenters. The van der Waals surface area contributed by atoms with E-state index in [1.54, 1.807) is 31.6 Å². The van der Waals surface area contributed by atoms with Gasteiger partial charge in [-0.1, -0.05) is 24.3 Å². The van der Waals surface area contributed by atoms with E-state index >= 15 is 0 Å². The van der Waals surface area contributed by atoms with Crippen molar-refractivity contribution in [2.45, 2.75) is 44.8 Å². The molecule has 1 fully saturated rings. The van der Waals surface area contributed by atoms with Gasteiger partial charge in [-0.3, -0.25) is 4.79 Å². The third kappa shape index (κ3) is 6.69. The second-order valence-electron chi connectivity index (χ2n) is 8.24. The molecule has 0 aliphatic heterocycles. The lowest BCUT2D eigenvalue weighted by molar-refractivity contribution is -0.148. The zero-order valence-electron chi connectivity index (χ0n) is 19.7. The summed E-state index contributed by atoms with van der Waals surface area (Å²) in [7, 11) is 1.55. The van der Waals surface area contributed by atoms with E-state index in [9.17, 15) is 9.59 Å². The monoisotopic (exact) mass is 476 g/mol. The number of hydrogen-bond acceptors (Lipinski definition) is 7. The molecule has 2 amide bonds. The number of aromatic nitrogens is 2. The van der Waals surface area contributed by atoms with Crippen LogP contribution in [0, 0.1) is 0 Å². The van der Waals surface area contributed by atoms with Gasteiger partial charge in [-0.25, -0.2) is 14.8 Å². The van der Waals surface area contributed by atoms with Crippen LogP contribution in [0.2, 0.25) is 0 Å². The highest BCUT2D eigenvalue weighted by Crippen LogP contribution is 2.26. The van der Waals surface area contributed by atoms with Gasteiger partial charge in [0.2, 0.25) is 0 Å². The number of carbonyl (C=O) groups excluding carboxylic acids is 2. The van der Waals surface area contributed by atoms with Gasteiger partial charge in [0, 0.05) is 30.6 Å². The number of nitrogens with one attached hydrogen (secondary N) is 2. The van der Waals surface area contributed by atoms with Crippen molar-refractivity contribution in [1.82, 2.24) is 9.97 Å². The highest BCUT2D eigenvalue weighted by molar-refractivity contribution is 6.00. The average molecular weight is 477 g/mol. The maximum absolute atomic E-state index is 12.3. The quantitative estimate of drug-likeness (QED) is 0.459. The zero-order chi connectivity index (χ0) is 24.6. The molecule has 2 N–H and O–H groups in total. The molecule has 0 spiro atoms. The molecule has 0 bridgehead atoms. The molecule has 182 valence electrons. The minimum Gasteiger partial charge on any atom is -0.495 e. The summed E-state index contributed by atoms with van der Waals surface area (Å²) < 4.78 is 16.4. The van der Waals surface area contributed by atoms with Crippen molar-refractivity contribution in [3.63, 3.8) is 0 Å². The normalized spacial score (nSPS) is 17.2. The first-order chi connectivity index (χ1) is 17.0. The fourth-order valence-electron chi connectivity index (χ4n) is 3.96. The van der Waals surface area contributed by atoms with E-state index in [2.05, 4.69) is 20.6 Å². The summed E-state index contributed by atoms with van der Waals surface area (Å²) in [5.41, 5.74) is 2.97. The van der Waals surface area contributed by atoms with Crippen molar-refractivity contribution >= 4 is 23.4 Å². The van der Waals surface area contributed by atoms with Crippen LogP contribution < -0.4 is 20.1 Å². The van der Waals surface area contributed by atoms with Crippen molar-refractivity contribution in [2.75, 3.05) is 17.7 Å². The molecule has 9 heteroatoms. The van der Waals surface area contributed by atoms with Gasteiger partial charge in [0.25, 0.3) is 0 Å². The van der Waals surface area contributed by atoms with Crippen molar-refractivity contribution in [3.05, 3.63) is 60.9 Å². The maximum atomic E-state index is 12.3. The molecule has 1 aliphatic rings. The summed E-state index contributed by atoms with van der Waals surface area (Å²) >= 11 is 0. The van der Waals surface area contributed by atoms with E-state index in [-0.39, 0.29) is 24.2 Å². The Morgan fingerprint density at radius 1 is 0.857 bits per heavy atom. The highest BCUT2D eigenvalue weighted by Gasteiger charge is 2.24. The lowest BCUT2D eigenvalue weighted by atomic mass is 9.95. The van der Waals surface area contributed by atoms with Crippen LogP contribution in [0.5, 0.6) is 11.8 Å². The zero-order valence-corrected chi connectivity index (χ0v) is 19.7. The lowest BCUT2D eigenvalue weighted by Crippen LogP contribution is -2.29. The summed E-state index contributed by atoms with van der Waals surface area (Å²) in [6.07, 6.45) is 6.55. The first-order valence-corrected chi connectivity index (χ1v) is 11.5. The Bertz CT molecular complexity index is 1140. The van der Waals surface area contributed by atoms with E-state index in [4.69, 9.17) is 14.2 Å². The smallest absolute Gasteiger partial charge is 0.323 e. The van der Waals surface area contributed by atoms with E-state index < -0.39 is 0 Å². The van der Waals surface area contributed by atoms with Crippen LogP contribution in [0.3, 0.4) is 0 Å². The molecule has 1 saturated carbocycles. The van der Waals surface area contributed by atoms with Gasteiger partial charge in [-0.2, -0.15) is 0 Å². The van der Waals surface area contributed by atoms with Crippen LogP contribution in [-0.4, -0.2) is 41.3 Å². The first kappa shape index (κ1) is 24.0. The van der Waals surface area contributed by atoms with Gasteiger partial charge in [0.1, 0.15) is 18.0 Å². The van der Waals surface area contributed by atoms with Gasteiger partial charge >= 0.3 is 18.0 Å². The lowest BCUT2D eigenvalue weighted by Gasteiger charge is -2.27. The van der Waals surface area contributed by atoms with Crippen LogP contribution in [0.25, 0.3) is 11.1 Å². The Balaban J connectivity index is 1.29. The van der Waals surface area contributed by atoms with Crippen LogP contribution in [-0.2, 0) is 9.53 Å². The maximum Gasteiger partial charge on any atom is 0.323 e. The Morgan fingerprint density at radius 2 is 1.51 bits per heavy atom. The topological polar surface area (TPSA) is 112 Å². The highest BCUT2D eigenvalue weighted by atomic mass is 16.5. The molecule has 0 saturated heterocycles. The number of methoxy groups -OCH3 is 1. The number of benzene rings is 2. The van der Waals surface area contributed by atoms with Gasteiger partial charge in [-0.15, -0.1) is 0 Å². The van der Waals surface area contributed by atoms with Crippen LogP contribution >= 0.6 is 0 Å². The Morgan fingerprint density at radius 3 is 2.17 bits per heavy atom. The second kappa shape index (κ2) is 11.3. The molecule has 1 aromatic heterocycles. The predicted molar refractivity (Wildman–Crippen MR) is 132 cm³/mol. The number of esters is 1. The summed E-state index contributed by atoms with van der Waals surface area (Å²) in [5, 5.41) is 5.58. The molecule has 35 heavy (non-hydrogen) atoms. The Kier molecular flexibility index (Phi) is 7.77. The van der Waals surface area contributed by atoms with E-state index in [1.807, 2.05) is 36.4 Å².